The van der Waals surface area contributed by atoms with Gasteiger partial charge in [-0.15, -0.1) is 0 Å². The molecule has 4 heterocycles. The standard InChI is InChI=1S/C35H40ClFN6O3/c1-10-23-12-11-13-26(37)27(23)29-25(36)16-24-31(39-29)43(30-20(4)14-15-38-28(30)19(2)3)33(44)40-32(24)42-21(5)17-41(18-22(42)6)34(45)46-35(7,8)9/h10-16,19,21-22H,1,17-18H2,2-9H3/t21-,22-/m0/s1/i1D2. The molecule has 0 spiro atoms. The van der Waals surface area contributed by atoms with Crippen LogP contribution in [-0.2, 0) is 4.74 Å². The quantitative estimate of drug-likeness (QED) is 0.221. The lowest BCUT2D eigenvalue weighted by Gasteiger charge is -2.45. The predicted molar refractivity (Wildman–Crippen MR) is 181 cm³/mol. The van der Waals surface area contributed by atoms with Crippen LogP contribution in [0.4, 0.5) is 15.0 Å². The monoisotopic (exact) mass is 648 g/mol. The van der Waals surface area contributed by atoms with Crippen molar-refractivity contribution in [3.63, 3.8) is 0 Å². The molecule has 11 heteroatoms. The van der Waals surface area contributed by atoms with Gasteiger partial charge in [0.15, 0.2) is 5.65 Å². The molecule has 1 saturated heterocycles. The van der Waals surface area contributed by atoms with E-state index in [4.69, 9.17) is 24.1 Å². The zero-order valence-electron chi connectivity index (χ0n) is 29.4. The molecule has 4 aromatic rings. The van der Waals surface area contributed by atoms with Crippen molar-refractivity contribution in [2.45, 2.75) is 79.0 Å². The van der Waals surface area contributed by atoms with E-state index in [1.807, 2.05) is 60.3 Å². The fourth-order valence-electron chi connectivity index (χ4n) is 6.09. The summed E-state index contributed by atoms with van der Waals surface area (Å²) in [5.74, 6) is -0.384. The fourth-order valence-corrected chi connectivity index (χ4v) is 6.34. The minimum Gasteiger partial charge on any atom is -0.444 e. The van der Waals surface area contributed by atoms with Gasteiger partial charge in [-0.25, -0.2) is 23.5 Å². The second-order valence-electron chi connectivity index (χ2n) is 13.1. The number of piperazine rings is 1. The number of pyridine rings is 2. The van der Waals surface area contributed by atoms with Gasteiger partial charge in [-0.3, -0.25) is 4.98 Å². The van der Waals surface area contributed by atoms with Crippen LogP contribution in [0.25, 0.3) is 34.1 Å². The van der Waals surface area contributed by atoms with Crippen LogP contribution in [-0.4, -0.2) is 61.3 Å². The van der Waals surface area contributed by atoms with E-state index in [9.17, 15) is 9.59 Å². The van der Waals surface area contributed by atoms with Gasteiger partial charge in [0.25, 0.3) is 0 Å². The Morgan fingerprint density at radius 3 is 2.52 bits per heavy atom. The van der Waals surface area contributed by atoms with Gasteiger partial charge in [0, 0.05) is 36.9 Å². The molecule has 0 bridgehead atoms. The number of carbonyl (C=O) groups is 1. The fraction of sp³-hybridized carbons (Fsp3) is 0.400. The topological polar surface area (TPSA) is 93.5 Å². The van der Waals surface area contributed by atoms with E-state index >= 15 is 4.39 Å². The van der Waals surface area contributed by atoms with Crippen LogP contribution >= 0.6 is 11.6 Å². The summed E-state index contributed by atoms with van der Waals surface area (Å²) in [5, 5.41) is 0.535. The number of benzene rings is 1. The molecule has 0 radical (unpaired) electrons. The van der Waals surface area contributed by atoms with E-state index in [2.05, 4.69) is 9.97 Å². The summed E-state index contributed by atoms with van der Waals surface area (Å²) < 4.78 is 38.0. The second kappa shape index (κ2) is 12.5. The van der Waals surface area contributed by atoms with Crippen LogP contribution in [0.5, 0.6) is 0 Å². The van der Waals surface area contributed by atoms with Crippen molar-refractivity contribution >= 4 is 40.6 Å². The van der Waals surface area contributed by atoms with E-state index in [0.717, 1.165) is 5.56 Å². The number of fused-ring (bicyclic) bond motifs is 1. The normalized spacial score (nSPS) is 17.6. The minimum atomic E-state index is -0.654. The van der Waals surface area contributed by atoms with E-state index in [-0.39, 0.29) is 45.5 Å². The second-order valence-corrected chi connectivity index (χ2v) is 13.5. The Bertz CT molecular complexity index is 1980. The van der Waals surface area contributed by atoms with Crippen molar-refractivity contribution in [3.05, 3.63) is 81.2 Å². The summed E-state index contributed by atoms with van der Waals surface area (Å²) in [6.07, 6.45) is 2.47. The number of aromatic nitrogens is 4. The molecule has 242 valence electrons. The molecular weight excluding hydrogens is 607 g/mol. The lowest BCUT2D eigenvalue weighted by atomic mass is 10.0. The SMILES string of the molecule is [2H]C([2H])=Cc1cccc(F)c1-c1nc2c(cc1Cl)c(N1[C@@H](C)CN(C(=O)OC(C)(C)C)C[C@@H]1C)nc(=O)n2-c1c(C)ccnc1C(C)C. The highest BCUT2D eigenvalue weighted by Crippen LogP contribution is 2.38. The third-order valence-corrected chi connectivity index (χ3v) is 8.27. The van der Waals surface area contributed by atoms with Crippen LogP contribution in [0.2, 0.25) is 5.02 Å². The van der Waals surface area contributed by atoms with Crippen molar-refractivity contribution in [2.75, 3.05) is 18.0 Å². The van der Waals surface area contributed by atoms with Gasteiger partial charge in [-0.1, -0.05) is 50.2 Å². The molecule has 1 aliphatic heterocycles. The van der Waals surface area contributed by atoms with E-state index in [0.29, 0.717) is 35.7 Å². The minimum absolute atomic E-state index is 0.00142. The average Bonchev–Trinajstić information content (AvgIpc) is 2.96. The van der Waals surface area contributed by atoms with Crippen LogP contribution < -0.4 is 10.6 Å². The summed E-state index contributed by atoms with van der Waals surface area (Å²) in [6, 6.07) is 7.16. The van der Waals surface area contributed by atoms with Gasteiger partial charge >= 0.3 is 11.8 Å². The Labute approximate surface area is 276 Å². The molecule has 1 aromatic carbocycles. The zero-order chi connectivity index (χ0) is 35.2. The van der Waals surface area contributed by atoms with Gasteiger partial charge in [-0.05, 0) is 76.8 Å². The Kier molecular flexibility index (Phi) is 8.23. The van der Waals surface area contributed by atoms with Crippen molar-refractivity contribution < 1.29 is 16.7 Å². The summed E-state index contributed by atoms with van der Waals surface area (Å²) in [4.78, 5) is 45.0. The molecule has 0 N–H and O–H groups in total. The Morgan fingerprint density at radius 1 is 1.20 bits per heavy atom. The van der Waals surface area contributed by atoms with Gasteiger partial charge in [0.1, 0.15) is 17.2 Å². The summed E-state index contributed by atoms with van der Waals surface area (Å²) in [6.45, 7) is 15.3. The molecule has 1 aliphatic rings. The Hall–Kier alpha value is -4.31. The van der Waals surface area contributed by atoms with Crippen LogP contribution in [0.3, 0.4) is 0 Å². The summed E-state index contributed by atoms with van der Waals surface area (Å²) in [5.41, 5.74) is 1.15. The average molecular weight is 649 g/mol. The van der Waals surface area contributed by atoms with Gasteiger partial charge in [0.05, 0.1) is 30.2 Å². The number of ether oxygens (including phenoxy) is 1. The molecular formula is C35H40ClFN6O3. The van der Waals surface area contributed by atoms with Crippen molar-refractivity contribution in [2.24, 2.45) is 0 Å². The molecule has 3 aromatic heterocycles. The first-order valence-electron chi connectivity index (χ1n) is 16.3. The molecule has 2 atom stereocenters. The van der Waals surface area contributed by atoms with Gasteiger partial charge in [-0.2, -0.15) is 4.98 Å². The highest BCUT2D eigenvalue weighted by atomic mass is 35.5. The number of hydrogen-bond donors (Lipinski definition) is 0. The number of rotatable bonds is 5. The first-order chi connectivity index (χ1) is 22.5. The van der Waals surface area contributed by atoms with E-state index < -0.39 is 29.7 Å². The van der Waals surface area contributed by atoms with Gasteiger partial charge < -0.3 is 14.5 Å². The third kappa shape index (κ3) is 6.10. The molecule has 1 fully saturated rings. The Morgan fingerprint density at radius 2 is 1.89 bits per heavy atom. The maximum absolute atomic E-state index is 15.6. The lowest BCUT2D eigenvalue weighted by molar-refractivity contribution is 0.0192. The van der Waals surface area contributed by atoms with Crippen LogP contribution in [0, 0.1) is 12.7 Å². The smallest absolute Gasteiger partial charge is 0.410 e. The predicted octanol–water partition coefficient (Wildman–Crippen LogP) is 7.54. The summed E-state index contributed by atoms with van der Waals surface area (Å²) >= 11 is 6.92. The molecule has 5 rings (SSSR count). The van der Waals surface area contributed by atoms with Crippen molar-refractivity contribution in [3.8, 4) is 16.9 Å². The Balaban J connectivity index is 1.80. The third-order valence-electron chi connectivity index (χ3n) is 7.98. The lowest BCUT2D eigenvalue weighted by Crippen LogP contribution is -2.59. The largest absolute Gasteiger partial charge is 0.444 e. The molecule has 9 nitrogen and oxygen atoms in total. The number of amides is 1. The number of halogens is 2. The molecule has 46 heavy (non-hydrogen) atoms. The number of nitrogens with zero attached hydrogens (tertiary/aromatic N) is 6. The maximum Gasteiger partial charge on any atom is 0.410 e. The first kappa shape index (κ1) is 30.3. The molecule has 0 aliphatic carbocycles. The highest BCUT2D eigenvalue weighted by Gasteiger charge is 2.36. The van der Waals surface area contributed by atoms with E-state index in [1.165, 1.54) is 22.8 Å². The first-order valence-corrected chi connectivity index (χ1v) is 15.7. The van der Waals surface area contributed by atoms with Crippen LogP contribution in [0.1, 0.15) is 73.9 Å². The van der Waals surface area contributed by atoms with Crippen LogP contribution in [0.15, 0.2) is 47.9 Å². The molecule has 1 amide bonds. The maximum atomic E-state index is 15.6. The number of aryl methyl sites for hydroxylation is 1. The number of hydrogen-bond acceptors (Lipinski definition) is 7. The molecule has 0 saturated carbocycles. The number of carbonyl (C=O) groups excluding carboxylic acids is 1. The van der Waals surface area contributed by atoms with Crippen molar-refractivity contribution in [1.82, 2.24) is 24.4 Å². The van der Waals surface area contributed by atoms with E-state index in [1.54, 1.807) is 29.3 Å². The van der Waals surface area contributed by atoms with Gasteiger partial charge in [0.2, 0.25) is 0 Å². The summed E-state index contributed by atoms with van der Waals surface area (Å²) in [7, 11) is 0. The van der Waals surface area contributed by atoms with Crippen molar-refractivity contribution in [1.29, 1.82) is 0 Å². The zero-order valence-corrected chi connectivity index (χ0v) is 28.1. The molecule has 0 unspecified atom stereocenters. The number of anilines is 1. The highest BCUT2D eigenvalue weighted by molar-refractivity contribution is 6.34.